The van der Waals surface area contributed by atoms with Crippen molar-refractivity contribution in [3.05, 3.63) is 36.8 Å². The van der Waals surface area contributed by atoms with E-state index in [1.54, 1.807) is 0 Å². The van der Waals surface area contributed by atoms with Crippen molar-refractivity contribution in [3.63, 3.8) is 0 Å². The van der Waals surface area contributed by atoms with Crippen LogP contribution in [0.3, 0.4) is 0 Å². The first kappa shape index (κ1) is 8.05. The summed E-state index contributed by atoms with van der Waals surface area (Å²) < 4.78 is 0. The van der Waals surface area contributed by atoms with Gasteiger partial charge in [0.15, 0.2) is 6.33 Å². The van der Waals surface area contributed by atoms with Crippen LogP contribution in [0.1, 0.15) is 0 Å². The van der Waals surface area contributed by atoms with Crippen molar-refractivity contribution in [2.75, 3.05) is 0 Å². The first-order valence-corrected chi connectivity index (χ1v) is 4.52. The zero-order chi connectivity index (χ0) is 10.1. The van der Waals surface area contributed by atoms with Gasteiger partial charge in [-0.2, -0.15) is 0 Å². The summed E-state index contributed by atoms with van der Waals surface area (Å²) in [4.78, 5) is 3.15. The van der Waals surface area contributed by atoms with E-state index < -0.39 is 0 Å². The van der Waals surface area contributed by atoms with Gasteiger partial charge in [0.1, 0.15) is 0 Å². The van der Waals surface area contributed by atoms with Gasteiger partial charge in [-0.1, -0.05) is 12.1 Å². The van der Waals surface area contributed by atoms with E-state index >= 15 is 0 Å². The first-order valence-electron chi connectivity index (χ1n) is 4.52. The topological polar surface area (TPSA) is 67.3 Å². The fourth-order valence-electron chi connectivity index (χ4n) is 1.58. The summed E-state index contributed by atoms with van der Waals surface area (Å²) >= 11 is 0. The van der Waals surface area contributed by atoms with Crippen molar-refractivity contribution in [2.24, 2.45) is 0 Å². The van der Waals surface area contributed by atoms with Gasteiger partial charge in [0.05, 0.1) is 5.52 Å². The number of hydrogen-bond acceptors (Lipinski definition) is 4. The van der Waals surface area contributed by atoms with Crippen LogP contribution in [0.15, 0.2) is 36.8 Å². The maximum absolute atomic E-state index is 3.94. The highest BCUT2D eigenvalue weighted by Gasteiger charge is 2.06. The lowest BCUT2D eigenvalue weighted by Gasteiger charge is -1.98. The largest absolute Gasteiger partial charge is 0.361 e. The summed E-state index contributed by atoms with van der Waals surface area (Å²) in [5.41, 5.74) is 1.92. The first-order chi connectivity index (χ1) is 7.45. The summed E-state index contributed by atoms with van der Waals surface area (Å²) in [6, 6.07) is 7.93. The van der Waals surface area contributed by atoms with E-state index in [0.717, 1.165) is 16.5 Å². The molecule has 0 radical (unpaired) electrons. The van der Waals surface area contributed by atoms with Gasteiger partial charge in [0.2, 0.25) is 5.82 Å². The van der Waals surface area contributed by atoms with E-state index in [4.69, 9.17) is 0 Å². The molecule has 5 nitrogen and oxygen atoms in total. The Morgan fingerprint density at radius 1 is 1.00 bits per heavy atom. The standard InChI is InChI=1S/C10H7N5/c1-2-7-4-5-11-9(7)8(3-1)10-14-12-6-13-15-10/h1-6,11H. The highest BCUT2D eigenvalue weighted by Crippen LogP contribution is 2.23. The smallest absolute Gasteiger partial charge is 0.205 e. The Labute approximate surface area is 85.2 Å². The van der Waals surface area contributed by atoms with Gasteiger partial charge in [-0.05, 0) is 12.1 Å². The van der Waals surface area contributed by atoms with Gasteiger partial charge in [-0.3, -0.25) is 0 Å². The van der Waals surface area contributed by atoms with Crippen LogP contribution in [0.4, 0.5) is 0 Å². The normalized spacial score (nSPS) is 10.7. The molecule has 0 aliphatic rings. The van der Waals surface area contributed by atoms with E-state index in [-0.39, 0.29) is 0 Å². The summed E-state index contributed by atoms with van der Waals surface area (Å²) in [7, 11) is 0. The van der Waals surface area contributed by atoms with Gasteiger partial charge >= 0.3 is 0 Å². The van der Waals surface area contributed by atoms with E-state index in [1.807, 2.05) is 30.5 Å². The third-order valence-corrected chi connectivity index (χ3v) is 2.24. The fraction of sp³-hybridized carbons (Fsp3) is 0. The van der Waals surface area contributed by atoms with Gasteiger partial charge < -0.3 is 4.98 Å². The predicted molar refractivity (Wildman–Crippen MR) is 54.9 cm³/mol. The molecule has 2 aromatic heterocycles. The van der Waals surface area contributed by atoms with Gasteiger partial charge in [0.25, 0.3) is 0 Å². The van der Waals surface area contributed by atoms with Crippen LogP contribution >= 0.6 is 0 Å². The van der Waals surface area contributed by atoms with Crippen LogP contribution in [0, 0.1) is 0 Å². The van der Waals surface area contributed by atoms with Crippen molar-refractivity contribution >= 4 is 10.9 Å². The van der Waals surface area contributed by atoms with Crippen LogP contribution < -0.4 is 0 Å². The van der Waals surface area contributed by atoms with Crippen LogP contribution in [0.2, 0.25) is 0 Å². The number of nitrogens with one attached hydrogen (secondary N) is 1. The third-order valence-electron chi connectivity index (χ3n) is 2.24. The number of nitrogens with zero attached hydrogens (tertiary/aromatic N) is 4. The molecule has 0 bridgehead atoms. The SMILES string of the molecule is c1cc(-c2nncnn2)c2[nH]ccc2c1. The molecule has 0 saturated heterocycles. The molecule has 0 saturated carbocycles. The number of hydrogen-bond donors (Lipinski definition) is 1. The summed E-state index contributed by atoms with van der Waals surface area (Å²) in [5, 5.41) is 16.4. The van der Waals surface area contributed by atoms with Crippen molar-refractivity contribution in [1.82, 2.24) is 25.4 Å². The maximum Gasteiger partial charge on any atom is 0.205 e. The second kappa shape index (κ2) is 3.13. The van der Waals surface area contributed by atoms with Crippen LogP contribution in [-0.2, 0) is 0 Å². The molecule has 3 rings (SSSR count). The van der Waals surface area contributed by atoms with Crippen LogP contribution in [-0.4, -0.2) is 25.4 Å². The molecule has 72 valence electrons. The molecule has 1 aromatic carbocycles. The molecule has 5 heteroatoms. The molecule has 1 N–H and O–H groups in total. The number of aromatic amines is 1. The summed E-state index contributed by atoms with van der Waals surface area (Å²) in [5.74, 6) is 0.533. The Kier molecular flexibility index (Phi) is 1.68. The minimum absolute atomic E-state index is 0.533. The Hall–Kier alpha value is -2.30. The molecular formula is C10H7N5. The van der Waals surface area contributed by atoms with Crippen molar-refractivity contribution in [1.29, 1.82) is 0 Å². The highest BCUT2D eigenvalue weighted by atomic mass is 15.3. The van der Waals surface area contributed by atoms with Crippen LogP contribution in [0.5, 0.6) is 0 Å². The molecule has 3 aromatic rings. The van der Waals surface area contributed by atoms with E-state index in [9.17, 15) is 0 Å². The second-order valence-electron chi connectivity index (χ2n) is 3.12. The van der Waals surface area contributed by atoms with Crippen molar-refractivity contribution in [2.45, 2.75) is 0 Å². The van der Waals surface area contributed by atoms with Crippen molar-refractivity contribution < 1.29 is 0 Å². The minimum Gasteiger partial charge on any atom is -0.361 e. The van der Waals surface area contributed by atoms with E-state index in [2.05, 4.69) is 25.4 Å². The zero-order valence-corrected chi connectivity index (χ0v) is 7.75. The quantitative estimate of drug-likeness (QED) is 0.640. The average molecular weight is 197 g/mol. The molecule has 0 aliphatic carbocycles. The lowest BCUT2D eigenvalue weighted by molar-refractivity contribution is 0.865. The van der Waals surface area contributed by atoms with Crippen molar-refractivity contribution in [3.8, 4) is 11.4 Å². The average Bonchev–Trinajstić information content (AvgIpc) is 2.78. The number of para-hydroxylation sites is 1. The third kappa shape index (κ3) is 1.25. The molecular weight excluding hydrogens is 190 g/mol. The number of rotatable bonds is 1. The number of fused-ring (bicyclic) bond motifs is 1. The zero-order valence-electron chi connectivity index (χ0n) is 7.75. The molecule has 0 atom stereocenters. The van der Waals surface area contributed by atoms with E-state index in [1.165, 1.54) is 6.33 Å². The monoisotopic (exact) mass is 197 g/mol. The molecule has 0 unspecified atom stereocenters. The predicted octanol–water partition coefficient (Wildman–Crippen LogP) is 1.41. The number of aromatic nitrogens is 5. The second-order valence-corrected chi connectivity index (χ2v) is 3.12. The highest BCUT2D eigenvalue weighted by molar-refractivity contribution is 5.92. The maximum atomic E-state index is 3.94. The molecule has 0 aliphatic heterocycles. The lowest BCUT2D eigenvalue weighted by atomic mass is 10.1. The lowest BCUT2D eigenvalue weighted by Crippen LogP contribution is -1.94. The Balaban J connectivity index is 2.31. The van der Waals surface area contributed by atoms with Gasteiger partial charge in [-0.25, -0.2) is 0 Å². The molecule has 0 amide bonds. The fourth-order valence-corrected chi connectivity index (χ4v) is 1.58. The Morgan fingerprint density at radius 2 is 1.87 bits per heavy atom. The molecule has 15 heavy (non-hydrogen) atoms. The molecule has 2 heterocycles. The van der Waals surface area contributed by atoms with Gasteiger partial charge in [0, 0.05) is 17.1 Å². The Morgan fingerprint density at radius 3 is 2.73 bits per heavy atom. The molecule has 0 spiro atoms. The van der Waals surface area contributed by atoms with Crippen LogP contribution in [0.25, 0.3) is 22.3 Å². The minimum atomic E-state index is 0.533. The number of H-pyrrole nitrogens is 1. The summed E-state index contributed by atoms with van der Waals surface area (Å²) in [6.07, 6.45) is 3.20. The number of benzene rings is 1. The summed E-state index contributed by atoms with van der Waals surface area (Å²) in [6.45, 7) is 0. The van der Waals surface area contributed by atoms with E-state index in [0.29, 0.717) is 5.82 Å². The molecule has 0 fully saturated rings. The van der Waals surface area contributed by atoms with Gasteiger partial charge in [-0.15, -0.1) is 20.4 Å². The Bertz CT molecular complexity index is 587.